The first-order chi connectivity index (χ1) is 19.1. The molecule has 1 atom stereocenters. The van der Waals surface area contributed by atoms with Gasteiger partial charge in [0.05, 0.1) is 10.6 Å². The maximum absolute atomic E-state index is 14.1. The number of aryl methyl sites for hydroxylation is 1. The zero-order valence-corrected chi connectivity index (χ0v) is 25.3. The molecule has 1 unspecified atom stereocenters. The van der Waals surface area contributed by atoms with Crippen molar-refractivity contribution in [2.24, 2.45) is 0 Å². The van der Waals surface area contributed by atoms with Crippen LogP contribution in [-0.4, -0.2) is 44.3 Å². The Kier molecular flexibility index (Phi) is 11.4. The molecule has 3 aromatic rings. The molecule has 0 heterocycles. The maximum Gasteiger partial charge on any atom is 0.264 e. The molecule has 0 aliphatic heterocycles. The summed E-state index contributed by atoms with van der Waals surface area (Å²) in [5.74, 6) is -0.847. The number of anilines is 1. The monoisotopic (exact) mass is 603 g/mol. The van der Waals surface area contributed by atoms with Gasteiger partial charge >= 0.3 is 0 Å². The first kappa shape index (κ1) is 31.5. The van der Waals surface area contributed by atoms with E-state index < -0.39 is 28.5 Å². The van der Waals surface area contributed by atoms with Crippen LogP contribution in [-0.2, 0) is 26.2 Å². The number of unbranched alkanes of at least 4 members (excludes halogenated alkanes) is 1. The molecule has 0 aromatic heterocycles. The van der Waals surface area contributed by atoms with Crippen molar-refractivity contribution in [3.05, 3.63) is 94.0 Å². The van der Waals surface area contributed by atoms with Crippen molar-refractivity contribution in [1.82, 2.24) is 10.2 Å². The van der Waals surface area contributed by atoms with Gasteiger partial charge in [0.1, 0.15) is 12.6 Å². The number of carbonyl (C=O) groups excluding carboxylic acids is 2. The Balaban J connectivity index is 2.05. The molecule has 1 N–H and O–H groups in total. The van der Waals surface area contributed by atoms with Crippen LogP contribution >= 0.6 is 23.2 Å². The fourth-order valence-electron chi connectivity index (χ4n) is 4.23. The fourth-order valence-corrected chi connectivity index (χ4v) is 6.02. The van der Waals surface area contributed by atoms with Crippen LogP contribution in [0.1, 0.15) is 44.2 Å². The number of hydrogen-bond acceptors (Lipinski definition) is 4. The van der Waals surface area contributed by atoms with E-state index in [1.165, 1.54) is 23.1 Å². The van der Waals surface area contributed by atoms with E-state index in [-0.39, 0.29) is 23.0 Å². The lowest BCUT2D eigenvalue weighted by atomic mass is 10.1. The smallest absolute Gasteiger partial charge is 0.264 e. The van der Waals surface area contributed by atoms with E-state index >= 15 is 0 Å². The fraction of sp³-hybridized carbons (Fsp3) is 0.333. The first-order valence-electron chi connectivity index (χ1n) is 13.2. The summed E-state index contributed by atoms with van der Waals surface area (Å²) in [4.78, 5) is 28.7. The Morgan fingerprint density at radius 1 is 0.950 bits per heavy atom. The van der Waals surface area contributed by atoms with Crippen molar-refractivity contribution in [2.45, 2.75) is 57.5 Å². The van der Waals surface area contributed by atoms with E-state index in [4.69, 9.17) is 23.2 Å². The molecule has 3 rings (SSSR count). The third-order valence-electron chi connectivity index (χ3n) is 6.50. The maximum atomic E-state index is 14.1. The minimum atomic E-state index is -4.17. The van der Waals surface area contributed by atoms with E-state index in [9.17, 15) is 18.0 Å². The third-order valence-corrected chi connectivity index (χ3v) is 8.89. The topological polar surface area (TPSA) is 86.8 Å². The molecule has 0 spiro atoms. The molecule has 0 radical (unpaired) electrons. The molecule has 7 nitrogen and oxygen atoms in total. The van der Waals surface area contributed by atoms with E-state index in [0.717, 1.165) is 22.7 Å². The Hall–Kier alpha value is -3.07. The number of carbonyl (C=O) groups is 2. The molecule has 0 bridgehead atoms. The second kappa shape index (κ2) is 14.5. The summed E-state index contributed by atoms with van der Waals surface area (Å²) in [6.45, 7) is 5.67. The highest BCUT2D eigenvalue weighted by molar-refractivity contribution is 7.92. The second-order valence-corrected chi connectivity index (χ2v) is 12.2. The average molecular weight is 605 g/mol. The zero-order chi connectivity index (χ0) is 29.3. The predicted octanol–water partition coefficient (Wildman–Crippen LogP) is 6.22. The van der Waals surface area contributed by atoms with Crippen LogP contribution in [0.3, 0.4) is 0 Å². The number of amides is 2. The zero-order valence-electron chi connectivity index (χ0n) is 22.9. The molecule has 10 heteroatoms. The molecule has 3 aromatic carbocycles. The minimum absolute atomic E-state index is 0.0339. The third kappa shape index (κ3) is 7.99. The van der Waals surface area contributed by atoms with Gasteiger partial charge < -0.3 is 10.2 Å². The standard InChI is InChI=1S/C30H35Cl2N3O4S/c1-4-6-18-33-30(37)28(5-2)34(20-23-10-7-8-13-27(23)32)29(36)21-35(25-12-9-11-24(31)19-25)40(38,39)26-16-14-22(3)15-17-26/h7-17,19,28H,4-6,18,20-21H2,1-3H3,(H,33,37). The predicted molar refractivity (Wildman–Crippen MR) is 161 cm³/mol. The summed E-state index contributed by atoms with van der Waals surface area (Å²) < 4.78 is 28.8. The van der Waals surface area contributed by atoms with Gasteiger partial charge in [0.15, 0.2) is 0 Å². The minimum Gasteiger partial charge on any atom is -0.354 e. The molecule has 40 heavy (non-hydrogen) atoms. The van der Waals surface area contributed by atoms with Crippen molar-refractivity contribution in [1.29, 1.82) is 0 Å². The number of nitrogens with zero attached hydrogens (tertiary/aromatic N) is 2. The SMILES string of the molecule is CCCCNC(=O)C(CC)N(Cc1ccccc1Cl)C(=O)CN(c1cccc(Cl)c1)S(=O)(=O)c1ccc(C)cc1. The van der Waals surface area contributed by atoms with Gasteiger partial charge in [-0.05, 0) is 61.7 Å². The molecular formula is C30H35Cl2N3O4S. The van der Waals surface area contributed by atoms with Crippen molar-refractivity contribution in [3.8, 4) is 0 Å². The van der Waals surface area contributed by atoms with Crippen molar-refractivity contribution < 1.29 is 18.0 Å². The first-order valence-corrected chi connectivity index (χ1v) is 15.4. The summed E-state index contributed by atoms with van der Waals surface area (Å²) in [5.41, 5.74) is 1.78. The lowest BCUT2D eigenvalue weighted by molar-refractivity contribution is -0.140. The molecule has 0 aliphatic carbocycles. The van der Waals surface area contributed by atoms with Crippen LogP contribution in [0.4, 0.5) is 5.69 Å². The normalized spacial score (nSPS) is 12.0. The summed E-state index contributed by atoms with van der Waals surface area (Å²) in [5, 5.41) is 3.68. The molecule has 0 saturated carbocycles. The van der Waals surface area contributed by atoms with Gasteiger partial charge in [-0.3, -0.25) is 13.9 Å². The highest BCUT2D eigenvalue weighted by atomic mass is 35.5. The quantitative estimate of drug-likeness (QED) is 0.235. The highest BCUT2D eigenvalue weighted by Crippen LogP contribution is 2.27. The number of benzene rings is 3. The molecule has 2 amide bonds. The summed E-state index contributed by atoms with van der Waals surface area (Å²) in [6, 6.07) is 19.0. The van der Waals surface area contributed by atoms with Gasteiger partial charge in [-0.2, -0.15) is 0 Å². The number of rotatable bonds is 13. The summed E-state index contributed by atoms with van der Waals surface area (Å²) in [7, 11) is -4.17. The number of hydrogen-bond donors (Lipinski definition) is 1. The van der Waals surface area contributed by atoms with E-state index in [1.54, 1.807) is 54.6 Å². The Morgan fingerprint density at radius 2 is 1.65 bits per heavy atom. The van der Waals surface area contributed by atoms with Crippen LogP contribution in [0, 0.1) is 6.92 Å². The van der Waals surface area contributed by atoms with Gasteiger partial charge in [-0.15, -0.1) is 0 Å². The van der Waals surface area contributed by atoms with E-state index in [1.807, 2.05) is 20.8 Å². The van der Waals surface area contributed by atoms with E-state index in [0.29, 0.717) is 28.6 Å². The lowest BCUT2D eigenvalue weighted by Crippen LogP contribution is -2.52. The lowest BCUT2D eigenvalue weighted by Gasteiger charge is -2.33. The van der Waals surface area contributed by atoms with Gasteiger partial charge in [0.25, 0.3) is 10.0 Å². The van der Waals surface area contributed by atoms with Crippen molar-refractivity contribution in [2.75, 3.05) is 17.4 Å². The van der Waals surface area contributed by atoms with E-state index in [2.05, 4.69) is 5.32 Å². The molecule has 0 fully saturated rings. The second-order valence-electron chi connectivity index (χ2n) is 9.49. The molecular weight excluding hydrogens is 569 g/mol. The number of nitrogens with one attached hydrogen (secondary N) is 1. The number of sulfonamides is 1. The van der Waals surface area contributed by atoms with Gasteiger partial charge in [0.2, 0.25) is 11.8 Å². The molecule has 214 valence electrons. The van der Waals surface area contributed by atoms with Crippen LogP contribution in [0.5, 0.6) is 0 Å². The van der Waals surface area contributed by atoms with Crippen LogP contribution in [0.2, 0.25) is 10.0 Å². The Morgan fingerprint density at radius 3 is 2.27 bits per heavy atom. The highest BCUT2D eigenvalue weighted by Gasteiger charge is 2.34. The van der Waals surface area contributed by atoms with Crippen LogP contribution in [0.15, 0.2) is 77.7 Å². The molecule has 0 saturated heterocycles. The van der Waals surface area contributed by atoms with Gasteiger partial charge in [-0.25, -0.2) is 8.42 Å². The largest absolute Gasteiger partial charge is 0.354 e. The van der Waals surface area contributed by atoms with Gasteiger partial charge in [0, 0.05) is 23.1 Å². The van der Waals surface area contributed by atoms with Crippen LogP contribution in [0.25, 0.3) is 0 Å². The van der Waals surface area contributed by atoms with Crippen LogP contribution < -0.4 is 9.62 Å². The molecule has 0 aliphatic rings. The Bertz CT molecular complexity index is 1410. The number of halogens is 2. The Labute approximate surface area is 247 Å². The van der Waals surface area contributed by atoms with Crippen molar-refractivity contribution >= 4 is 50.7 Å². The average Bonchev–Trinajstić information content (AvgIpc) is 2.92. The summed E-state index contributed by atoms with van der Waals surface area (Å²) >= 11 is 12.6. The van der Waals surface area contributed by atoms with Crippen molar-refractivity contribution in [3.63, 3.8) is 0 Å². The summed E-state index contributed by atoms with van der Waals surface area (Å²) in [6.07, 6.45) is 2.04. The van der Waals surface area contributed by atoms with Gasteiger partial charge in [-0.1, -0.05) is 85.4 Å².